The Kier molecular flexibility index (Phi) is 5.96. The molecule has 1 fully saturated rings. The zero-order valence-electron chi connectivity index (χ0n) is 19.6. The standard InChI is InChI=1S/C28H31NO5/c1-15-4-6-20-11-18(5-7-19(20)9-15)12-21-13-29(22-10-16(2)8-17(3)24(21)22)28-27(33)26(32)25(31)23(14-30)34-28/h4-11,13,23,25-28,30-33H,12,14H2,1-3H3/t23-,25-,26+,27-,28-/m1/s1. The van der Waals surface area contributed by atoms with Crippen molar-refractivity contribution in [2.45, 2.75) is 57.8 Å². The van der Waals surface area contributed by atoms with Crippen LogP contribution in [-0.4, -0.2) is 56.0 Å². The molecule has 4 N–H and O–H groups in total. The third kappa shape index (κ3) is 3.91. The largest absolute Gasteiger partial charge is 0.394 e. The predicted molar refractivity (Wildman–Crippen MR) is 132 cm³/mol. The van der Waals surface area contributed by atoms with E-state index >= 15 is 0 Å². The minimum atomic E-state index is -1.42. The van der Waals surface area contributed by atoms with Gasteiger partial charge < -0.3 is 29.7 Å². The molecule has 2 heterocycles. The second-order valence-electron chi connectivity index (χ2n) is 9.62. The van der Waals surface area contributed by atoms with Crippen LogP contribution in [0.1, 0.15) is 34.0 Å². The summed E-state index contributed by atoms with van der Waals surface area (Å²) in [4.78, 5) is 0. The van der Waals surface area contributed by atoms with E-state index in [4.69, 9.17) is 4.74 Å². The van der Waals surface area contributed by atoms with Crippen molar-refractivity contribution in [3.63, 3.8) is 0 Å². The third-order valence-corrected chi connectivity index (χ3v) is 6.95. The van der Waals surface area contributed by atoms with Crippen molar-refractivity contribution in [1.82, 2.24) is 4.57 Å². The molecule has 1 saturated heterocycles. The Labute approximate surface area is 198 Å². The molecule has 178 valence electrons. The van der Waals surface area contributed by atoms with E-state index in [2.05, 4.69) is 56.3 Å². The number of hydrogen-bond donors (Lipinski definition) is 4. The first kappa shape index (κ1) is 23.0. The molecular formula is C28H31NO5. The van der Waals surface area contributed by atoms with Crippen LogP contribution in [0.5, 0.6) is 0 Å². The number of aliphatic hydroxyl groups excluding tert-OH is 4. The maximum Gasteiger partial charge on any atom is 0.163 e. The fourth-order valence-electron chi connectivity index (χ4n) is 5.27. The smallest absolute Gasteiger partial charge is 0.163 e. The molecule has 0 aliphatic carbocycles. The van der Waals surface area contributed by atoms with Crippen LogP contribution in [0.15, 0.2) is 54.7 Å². The second-order valence-corrected chi connectivity index (χ2v) is 9.62. The van der Waals surface area contributed by atoms with Crippen LogP contribution in [0, 0.1) is 20.8 Å². The second kappa shape index (κ2) is 8.80. The highest BCUT2D eigenvalue weighted by atomic mass is 16.6. The van der Waals surface area contributed by atoms with E-state index in [0.717, 1.165) is 27.6 Å². The molecule has 6 heteroatoms. The predicted octanol–water partition coefficient (Wildman–Crippen LogP) is 3.28. The van der Waals surface area contributed by atoms with Gasteiger partial charge in [0.1, 0.15) is 24.4 Å². The minimum Gasteiger partial charge on any atom is -0.394 e. The quantitative estimate of drug-likeness (QED) is 0.374. The average molecular weight is 462 g/mol. The molecule has 1 aromatic heterocycles. The molecule has 5 atom stereocenters. The first-order valence-electron chi connectivity index (χ1n) is 11.7. The zero-order valence-corrected chi connectivity index (χ0v) is 19.6. The van der Waals surface area contributed by atoms with Crippen molar-refractivity contribution < 1.29 is 25.2 Å². The summed E-state index contributed by atoms with van der Waals surface area (Å²) in [5, 5.41) is 44.5. The van der Waals surface area contributed by atoms with Crippen molar-refractivity contribution in [3.05, 3.63) is 82.5 Å². The highest BCUT2D eigenvalue weighted by molar-refractivity contribution is 5.89. The van der Waals surface area contributed by atoms with Crippen molar-refractivity contribution in [1.29, 1.82) is 0 Å². The van der Waals surface area contributed by atoms with Crippen LogP contribution in [0.3, 0.4) is 0 Å². The topological polar surface area (TPSA) is 95.1 Å². The first-order valence-corrected chi connectivity index (χ1v) is 11.7. The van der Waals surface area contributed by atoms with E-state index in [1.165, 1.54) is 21.9 Å². The molecule has 0 unspecified atom stereocenters. The zero-order chi connectivity index (χ0) is 24.1. The Balaban J connectivity index is 1.60. The average Bonchev–Trinajstić information content (AvgIpc) is 3.15. The van der Waals surface area contributed by atoms with Crippen molar-refractivity contribution in [2.24, 2.45) is 0 Å². The van der Waals surface area contributed by atoms with Gasteiger partial charge in [0.05, 0.1) is 12.1 Å². The van der Waals surface area contributed by atoms with E-state index in [0.29, 0.717) is 6.42 Å². The molecule has 0 amide bonds. The number of aryl methyl sites for hydroxylation is 3. The van der Waals surface area contributed by atoms with Crippen molar-refractivity contribution >= 4 is 21.7 Å². The SMILES string of the molecule is Cc1ccc2cc(Cc3cn([C@@H]4O[C@H](CO)[C@@H](O)[C@H](O)[C@H]4O)c4cc(C)cc(C)c34)ccc2c1. The fourth-order valence-corrected chi connectivity index (χ4v) is 5.27. The normalized spacial score (nSPS) is 25.3. The summed E-state index contributed by atoms with van der Waals surface area (Å²) in [6.07, 6.45) is -3.40. The van der Waals surface area contributed by atoms with E-state index in [-0.39, 0.29) is 0 Å². The Morgan fingerprint density at radius 1 is 0.824 bits per heavy atom. The molecule has 5 rings (SSSR count). The molecular weight excluding hydrogens is 430 g/mol. The van der Waals surface area contributed by atoms with Crippen LogP contribution in [-0.2, 0) is 11.2 Å². The molecule has 1 aliphatic rings. The van der Waals surface area contributed by atoms with Gasteiger partial charge in [-0.2, -0.15) is 0 Å². The van der Waals surface area contributed by atoms with Gasteiger partial charge in [0, 0.05) is 11.6 Å². The van der Waals surface area contributed by atoms with E-state index in [1.807, 2.05) is 23.8 Å². The lowest BCUT2D eigenvalue weighted by molar-refractivity contribution is -0.250. The summed E-state index contributed by atoms with van der Waals surface area (Å²) < 4.78 is 7.72. The Morgan fingerprint density at radius 2 is 1.56 bits per heavy atom. The summed E-state index contributed by atoms with van der Waals surface area (Å²) in [5.41, 5.74) is 6.55. The summed E-state index contributed by atoms with van der Waals surface area (Å²) in [6, 6.07) is 17.1. The number of fused-ring (bicyclic) bond motifs is 2. The van der Waals surface area contributed by atoms with Gasteiger partial charge in [0.25, 0.3) is 0 Å². The minimum absolute atomic E-state index is 0.456. The fraction of sp³-hybridized carbons (Fsp3) is 0.357. The molecule has 1 aliphatic heterocycles. The molecule has 0 radical (unpaired) electrons. The van der Waals surface area contributed by atoms with Crippen LogP contribution in [0.4, 0.5) is 0 Å². The maximum atomic E-state index is 10.8. The lowest BCUT2D eigenvalue weighted by Gasteiger charge is -2.40. The summed E-state index contributed by atoms with van der Waals surface area (Å²) in [6.45, 7) is 5.72. The van der Waals surface area contributed by atoms with Crippen molar-refractivity contribution in [3.8, 4) is 0 Å². The van der Waals surface area contributed by atoms with Gasteiger partial charge in [-0.05, 0) is 66.3 Å². The van der Waals surface area contributed by atoms with E-state index in [9.17, 15) is 20.4 Å². The number of hydrogen-bond acceptors (Lipinski definition) is 5. The first-order chi connectivity index (χ1) is 16.3. The van der Waals surface area contributed by atoms with Crippen LogP contribution in [0.2, 0.25) is 0 Å². The molecule has 6 nitrogen and oxygen atoms in total. The van der Waals surface area contributed by atoms with Crippen LogP contribution < -0.4 is 0 Å². The van der Waals surface area contributed by atoms with Crippen molar-refractivity contribution in [2.75, 3.05) is 6.61 Å². The Hall–Kier alpha value is -2.74. The van der Waals surface area contributed by atoms with Gasteiger partial charge >= 0.3 is 0 Å². The van der Waals surface area contributed by atoms with Gasteiger partial charge in [-0.25, -0.2) is 0 Å². The highest BCUT2D eigenvalue weighted by Crippen LogP contribution is 2.36. The van der Waals surface area contributed by atoms with Crippen LogP contribution >= 0.6 is 0 Å². The van der Waals surface area contributed by atoms with Gasteiger partial charge in [-0.1, -0.05) is 48.0 Å². The number of ether oxygens (including phenoxy) is 1. The Morgan fingerprint density at radius 3 is 2.32 bits per heavy atom. The number of rotatable bonds is 4. The summed E-state index contributed by atoms with van der Waals surface area (Å²) in [7, 11) is 0. The van der Waals surface area contributed by atoms with Crippen LogP contribution in [0.25, 0.3) is 21.7 Å². The number of aliphatic hydroxyl groups is 4. The number of aromatic nitrogens is 1. The lowest BCUT2D eigenvalue weighted by atomic mass is 9.97. The highest BCUT2D eigenvalue weighted by Gasteiger charge is 2.44. The van der Waals surface area contributed by atoms with Gasteiger partial charge in [-0.3, -0.25) is 0 Å². The molecule has 34 heavy (non-hydrogen) atoms. The van der Waals surface area contributed by atoms with Gasteiger partial charge in [0.15, 0.2) is 6.23 Å². The molecule has 3 aromatic carbocycles. The molecule has 0 saturated carbocycles. The van der Waals surface area contributed by atoms with E-state index in [1.54, 1.807) is 0 Å². The maximum absolute atomic E-state index is 10.8. The van der Waals surface area contributed by atoms with E-state index < -0.39 is 37.3 Å². The van der Waals surface area contributed by atoms with Gasteiger partial charge in [-0.15, -0.1) is 0 Å². The summed E-state index contributed by atoms with van der Waals surface area (Å²) in [5.74, 6) is 0. The Bertz CT molecular complexity index is 1360. The monoisotopic (exact) mass is 461 g/mol. The van der Waals surface area contributed by atoms with Gasteiger partial charge in [0.2, 0.25) is 0 Å². The molecule has 4 aromatic rings. The molecule has 0 spiro atoms. The lowest BCUT2D eigenvalue weighted by Crippen LogP contribution is -2.56. The number of benzene rings is 3. The third-order valence-electron chi connectivity index (χ3n) is 6.95. The summed E-state index contributed by atoms with van der Waals surface area (Å²) >= 11 is 0. The number of nitrogens with zero attached hydrogens (tertiary/aromatic N) is 1. The molecule has 0 bridgehead atoms.